The Hall–Kier alpha value is -2.51. The maximum atomic E-state index is 12.5. The quantitative estimate of drug-likeness (QED) is 0.857. The Morgan fingerprint density at radius 3 is 2.42 bits per heavy atom. The number of nitrogens with one attached hydrogen (secondary N) is 1. The van der Waals surface area contributed by atoms with Crippen LogP contribution in [0, 0.1) is 0 Å². The number of fused-ring (bicyclic) bond motifs is 1. The molecule has 0 unspecified atom stereocenters. The summed E-state index contributed by atoms with van der Waals surface area (Å²) in [6.07, 6.45) is 0. The van der Waals surface area contributed by atoms with Crippen LogP contribution < -0.4 is 5.32 Å². The van der Waals surface area contributed by atoms with Crippen LogP contribution in [-0.4, -0.2) is 30.8 Å². The average Bonchev–Trinajstić information content (AvgIpc) is 2.56. The molecule has 124 valence electrons. The summed E-state index contributed by atoms with van der Waals surface area (Å²) in [5.74, 6) is -1.13. The van der Waals surface area contributed by atoms with Crippen LogP contribution >= 0.6 is 11.6 Å². The van der Waals surface area contributed by atoms with E-state index in [2.05, 4.69) is 5.32 Å². The van der Waals surface area contributed by atoms with Gasteiger partial charge in [-0.25, -0.2) is 8.42 Å². The molecule has 0 saturated carbocycles. The first-order valence-corrected chi connectivity index (χ1v) is 8.72. The number of hydrogen-bond donors (Lipinski definition) is 2. The van der Waals surface area contributed by atoms with Gasteiger partial charge in [0.25, 0.3) is 15.9 Å². The molecule has 0 aliphatic carbocycles. The van der Waals surface area contributed by atoms with E-state index in [0.717, 1.165) is 4.31 Å². The summed E-state index contributed by atoms with van der Waals surface area (Å²) in [6, 6.07) is 12.3. The highest BCUT2D eigenvalue weighted by Gasteiger charge is 2.37. The number of benzene rings is 2. The highest BCUT2D eigenvalue weighted by molar-refractivity contribution is 7.89. The van der Waals surface area contributed by atoms with Crippen molar-refractivity contribution in [1.82, 2.24) is 4.31 Å². The fraction of sp³-hybridized carbons (Fsp3) is 0.0625. The molecule has 24 heavy (non-hydrogen) atoms. The Kier molecular flexibility index (Phi) is 3.98. The van der Waals surface area contributed by atoms with E-state index in [-0.39, 0.29) is 16.2 Å². The van der Waals surface area contributed by atoms with Crippen molar-refractivity contribution in [2.45, 2.75) is 4.90 Å². The number of anilines is 1. The number of nitrogens with zero attached hydrogens (tertiary/aromatic N) is 1. The molecule has 0 spiro atoms. The molecule has 2 N–H and O–H groups in total. The van der Waals surface area contributed by atoms with Crippen LogP contribution in [0.25, 0.3) is 5.76 Å². The molecule has 0 radical (unpaired) electrons. The number of carbonyl (C=O) groups excluding carboxylic acids is 1. The molecule has 0 bridgehead atoms. The molecule has 8 heteroatoms. The van der Waals surface area contributed by atoms with Crippen LogP contribution in [0.3, 0.4) is 0 Å². The summed E-state index contributed by atoms with van der Waals surface area (Å²) in [6.45, 7) is 0. The number of halogens is 1. The second-order valence-corrected chi connectivity index (χ2v) is 7.50. The van der Waals surface area contributed by atoms with Gasteiger partial charge in [-0.1, -0.05) is 23.7 Å². The van der Waals surface area contributed by atoms with Crippen LogP contribution in [0.5, 0.6) is 0 Å². The Labute approximate surface area is 144 Å². The van der Waals surface area contributed by atoms with Crippen LogP contribution in [0.4, 0.5) is 5.69 Å². The SMILES string of the molecule is CN1C(C(=O)Nc2ccc(Cl)cc2)=C(O)c2ccccc2S1(=O)=O. The molecule has 0 atom stereocenters. The van der Waals surface area contributed by atoms with Gasteiger partial charge in [0.05, 0.1) is 4.90 Å². The molecule has 1 aliphatic heterocycles. The van der Waals surface area contributed by atoms with Gasteiger partial charge in [0.2, 0.25) is 0 Å². The monoisotopic (exact) mass is 364 g/mol. The van der Waals surface area contributed by atoms with Crippen molar-refractivity contribution in [1.29, 1.82) is 0 Å². The van der Waals surface area contributed by atoms with Gasteiger partial charge in [0, 0.05) is 23.3 Å². The lowest BCUT2D eigenvalue weighted by Crippen LogP contribution is -2.37. The minimum atomic E-state index is -3.91. The fourth-order valence-electron chi connectivity index (χ4n) is 2.41. The normalized spacial score (nSPS) is 15.8. The molecular formula is C16H13ClN2O4S. The lowest BCUT2D eigenvalue weighted by atomic mass is 10.1. The van der Waals surface area contributed by atoms with Gasteiger partial charge < -0.3 is 10.4 Å². The van der Waals surface area contributed by atoms with Crippen molar-refractivity contribution < 1.29 is 18.3 Å². The molecular weight excluding hydrogens is 352 g/mol. The molecule has 3 rings (SSSR count). The van der Waals surface area contributed by atoms with Crippen molar-refractivity contribution in [3.05, 3.63) is 64.8 Å². The van der Waals surface area contributed by atoms with E-state index >= 15 is 0 Å². The Bertz CT molecular complexity index is 952. The number of rotatable bonds is 2. The third kappa shape index (κ3) is 2.61. The molecule has 2 aromatic carbocycles. The zero-order valence-electron chi connectivity index (χ0n) is 12.5. The van der Waals surface area contributed by atoms with E-state index in [9.17, 15) is 18.3 Å². The number of sulfonamides is 1. The zero-order chi connectivity index (χ0) is 17.5. The number of aliphatic hydroxyl groups excluding tert-OH is 1. The van der Waals surface area contributed by atoms with E-state index in [4.69, 9.17) is 11.6 Å². The van der Waals surface area contributed by atoms with E-state index in [1.165, 1.54) is 19.2 Å². The molecule has 0 aromatic heterocycles. The van der Waals surface area contributed by atoms with E-state index in [1.54, 1.807) is 36.4 Å². The predicted octanol–water partition coefficient (Wildman–Crippen LogP) is 2.84. The molecule has 0 saturated heterocycles. The van der Waals surface area contributed by atoms with Crippen molar-refractivity contribution in [2.75, 3.05) is 12.4 Å². The first-order valence-electron chi connectivity index (χ1n) is 6.91. The number of likely N-dealkylation sites (N-methyl/N-ethyl adjacent to an activating group) is 1. The number of amides is 1. The Morgan fingerprint density at radius 2 is 1.75 bits per heavy atom. The molecule has 0 fully saturated rings. The van der Waals surface area contributed by atoms with Crippen LogP contribution in [0.2, 0.25) is 5.02 Å². The Balaban J connectivity index is 2.06. The summed E-state index contributed by atoms with van der Waals surface area (Å²) >= 11 is 5.79. The highest BCUT2D eigenvalue weighted by Crippen LogP contribution is 2.34. The molecule has 6 nitrogen and oxygen atoms in total. The van der Waals surface area contributed by atoms with Crippen molar-refractivity contribution in [3.8, 4) is 0 Å². The first kappa shape index (κ1) is 16.4. The topological polar surface area (TPSA) is 86.7 Å². The summed E-state index contributed by atoms with van der Waals surface area (Å²) in [4.78, 5) is 12.5. The van der Waals surface area contributed by atoms with E-state index in [1.807, 2.05) is 0 Å². The maximum Gasteiger partial charge on any atom is 0.276 e. The molecule has 1 amide bonds. The van der Waals surface area contributed by atoms with Gasteiger partial charge >= 0.3 is 0 Å². The van der Waals surface area contributed by atoms with Gasteiger partial charge in [-0.15, -0.1) is 0 Å². The molecule has 2 aromatic rings. The summed E-state index contributed by atoms with van der Waals surface area (Å²) in [5.41, 5.74) is 0.176. The smallest absolute Gasteiger partial charge is 0.276 e. The van der Waals surface area contributed by atoms with Crippen molar-refractivity contribution in [2.24, 2.45) is 0 Å². The standard InChI is InChI=1S/C16H13ClN2O4S/c1-19-14(16(21)18-11-8-6-10(17)7-9-11)15(20)12-4-2-3-5-13(12)24(19,22)23/h2-9,20H,1H3,(H,18,21). The molecule has 1 aliphatic rings. The predicted molar refractivity (Wildman–Crippen MR) is 91.0 cm³/mol. The minimum absolute atomic E-state index is 0.0481. The second kappa shape index (κ2) is 5.85. The van der Waals surface area contributed by atoms with Gasteiger partial charge in [0.15, 0.2) is 11.5 Å². The second-order valence-electron chi connectivity index (χ2n) is 5.13. The maximum absolute atomic E-state index is 12.5. The molecule has 1 heterocycles. The summed E-state index contributed by atoms with van der Waals surface area (Å²) in [5, 5.41) is 13.5. The highest BCUT2D eigenvalue weighted by atomic mass is 35.5. The lowest BCUT2D eigenvalue weighted by Gasteiger charge is -2.28. The van der Waals surface area contributed by atoms with Gasteiger partial charge in [0.1, 0.15) is 0 Å². The van der Waals surface area contributed by atoms with Crippen LogP contribution in [0.15, 0.2) is 59.1 Å². The van der Waals surface area contributed by atoms with Gasteiger partial charge in [-0.2, -0.15) is 0 Å². The lowest BCUT2D eigenvalue weighted by molar-refractivity contribution is -0.113. The van der Waals surface area contributed by atoms with Crippen LogP contribution in [-0.2, 0) is 14.8 Å². The number of carbonyl (C=O) groups is 1. The van der Waals surface area contributed by atoms with Crippen LogP contribution in [0.1, 0.15) is 5.56 Å². The summed E-state index contributed by atoms with van der Waals surface area (Å²) < 4.78 is 25.9. The largest absolute Gasteiger partial charge is 0.505 e. The zero-order valence-corrected chi connectivity index (χ0v) is 14.1. The average molecular weight is 365 g/mol. The summed E-state index contributed by atoms with van der Waals surface area (Å²) in [7, 11) is -2.69. The fourth-order valence-corrected chi connectivity index (χ4v) is 3.93. The Morgan fingerprint density at radius 1 is 1.12 bits per heavy atom. The van der Waals surface area contributed by atoms with Gasteiger partial charge in [-0.3, -0.25) is 9.10 Å². The number of aliphatic hydroxyl groups is 1. The first-order chi connectivity index (χ1) is 11.3. The number of hydrogen-bond acceptors (Lipinski definition) is 4. The minimum Gasteiger partial charge on any atom is -0.505 e. The van der Waals surface area contributed by atoms with E-state index < -0.39 is 21.7 Å². The third-order valence-electron chi connectivity index (χ3n) is 3.64. The van der Waals surface area contributed by atoms with Crippen molar-refractivity contribution in [3.63, 3.8) is 0 Å². The van der Waals surface area contributed by atoms with Crippen molar-refractivity contribution >= 4 is 39.0 Å². The van der Waals surface area contributed by atoms with E-state index in [0.29, 0.717) is 10.7 Å². The van der Waals surface area contributed by atoms with Gasteiger partial charge in [-0.05, 0) is 36.4 Å². The third-order valence-corrected chi connectivity index (χ3v) is 5.70.